The highest BCUT2D eigenvalue weighted by Crippen LogP contribution is 2.22. The first-order valence-corrected chi connectivity index (χ1v) is 7.50. The minimum Gasteiger partial charge on any atom is -0.381 e. The van der Waals surface area contributed by atoms with Crippen molar-refractivity contribution in [1.82, 2.24) is 4.90 Å². The van der Waals surface area contributed by atoms with E-state index in [2.05, 4.69) is 10.2 Å². The molecular formula is C16H25N3O2. The van der Waals surface area contributed by atoms with Crippen LogP contribution < -0.4 is 11.1 Å². The van der Waals surface area contributed by atoms with Gasteiger partial charge in [0.15, 0.2) is 0 Å². The van der Waals surface area contributed by atoms with E-state index >= 15 is 0 Å². The second kappa shape index (κ2) is 7.54. The van der Waals surface area contributed by atoms with Crippen LogP contribution >= 0.6 is 0 Å². The summed E-state index contributed by atoms with van der Waals surface area (Å²) in [5.74, 6) is 0.00974. The molecule has 0 spiro atoms. The van der Waals surface area contributed by atoms with Crippen LogP contribution in [-0.4, -0.2) is 49.2 Å². The minimum atomic E-state index is -0.198. The highest BCUT2D eigenvalue weighted by molar-refractivity contribution is 5.94. The predicted molar refractivity (Wildman–Crippen MR) is 84.1 cm³/mol. The van der Waals surface area contributed by atoms with Crippen LogP contribution in [0.4, 0.5) is 5.69 Å². The Morgan fingerprint density at radius 2 is 2.19 bits per heavy atom. The number of benzene rings is 1. The molecule has 2 rings (SSSR count). The first-order chi connectivity index (χ1) is 10.2. The van der Waals surface area contributed by atoms with Crippen molar-refractivity contribution in [3.8, 4) is 0 Å². The van der Waals surface area contributed by atoms with Crippen molar-refractivity contribution in [1.29, 1.82) is 0 Å². The molecule has 0 radical (unpaired) electrons. The Bertz CT molecular complexity index is 452. The van der Waals surface area contributed by atoms with Gasteiger partial charge in [0.2, 0.25) is 5.91 Å². The Morgan fingerprint density at radius 3 is 2.81 bits per heavy atom. The third kappa shape index (κ3) is 4.03. The lowest BCUT2D eigenvalue weighted by Crippen LogP contribution is -2.55. The third-order valence-electron chi connectivity index (χ3n) is 4.24. The van der Waals surface area contributed by atoms with Gasteiger partial charge in [0.1, 0.15) is 0 Å². The zero-order valence-electron chi connectivity index (χ0n) is 12.8. The minimum absolute atomic E-state index is 0.00974. The van der Waals surface area contributed by atoms with Crippen molar-refractivity contribution in [3.63, 3.8) is 0 Å². The number of para-hydroxylation sites is 1. The maximum absolute atomic E-state index is 12.4. The molecule has 1 aromatic carbocycles. The lowest BCUT2D eigenvalue weighted by molar-refractivity contribution is -0.123. The molecule has 21 heavy (non-hydrogen) atoms. The molecule has 1 aromatic rings. The quantitative estimate of drug-likeness (QED) is 0.861. The first kappa shape index (κ1) is 15.9. The van der Waals surface area contributed by atoms with Crippen LogP contribution in [0.25, 0.3) is 0 Å². The molecule has 3 unspecified atom stereocenters. The van der Waals surface area contributed by atoms with Gasteiger partial charge < -0.3 is 15.8 Å². The summed E-state index contributed by atoms with van der Waals surface area (Å²) < 4.78 is 5.42. The number of nitrogens with two attached hydrogens (primary N) is 1. The second-order valence-corrected chi connectivity index (χ2v) is 5.54. The number of ether oxygens (including phenoxy) is 1. The summed E-state index contributed by atoms with van der Waals surface area (Å²) in [6.07, 6.45) is 2.07. The van der Waals surface area contributed by atoms with Gasteiger partial charge >= 0.3 is 0 Å². The highest BCUT2D eigenvalue weighted by atomic mass is 16.5. The van der Waals surface area contributed by atoms with E-state index in [1.165, 1.54) is 0 Å². The molecule has 0 aliphatic carbocycles. The number of piperidine rings is 1. The van der Waals surface area contributed by atoms with Gasteiger partial charge in [0, 0.05) is 31.9 Å². The van der Waals surface area contributed by atoms with Gasteiger partial charge in [-0.1, -0.05) is 18.2 Å². The molecule has 5 heteroatoms. The van der Waals surface area contributed by atoms with Crippen LogP contribution in [0, 0.1) is 0 Å². The van der Waals surface area contributed by atoms with Crippen molar-refractivity contribution in [2.24, 2.45) is 5.73 Å². The lowest BCUT2D eigenvalue weighted by atomic mass is 9.97. The predicted octanol–water partition coefficient (Wildman–Crippen LogP) is 1.45. The molecule has 5 nitrogen and oxygen atoms in total. The fourth-order valence-electron chi connectivity index (χ4n) is 2.91. The van der Waals surface area contributed by atoms with Crippen molar-refractivity contribution >= 4 is 11.6 Å². The average Bonchev–Trinajstić information content (AvgIpc) is 2.54. The molecule has 1 heterocycles. The van der Waals surface area contributed by atoms with Gasteiger partial charge in [0.25, 0.3) is 0 Å². The van der Waals surface area contributed by atoms with Crippen LogP contribution in [0.3, 0.4) is 0 Å². The normalized spacial score (nSPS) is 24.5. The largest absolute Gasteiger partial charge is 0.381 e. The third-order valence-corrected chi connectivity index (χ3v) is 4.24. The van der Waals surface area contributed by atoms with Gasteiger partial charge in [-0.25, -0.2) is 0 Å². The van der Waals surface area contributed by atoms with Gasteiger partial charge in [-0.2, -0.15) is 0 Å². The zero-order valence-corrected chi connectivity index (χ0v) is 12.8. The number of amides is 1. The fraction of sp³-hybridized carbons (Fsp3) is 0.562. The summed E-state index contributed by atoms with van der Waals surface area (Å²) in [7, 11) is 1.74. The smallest absolute Gasteiger partial charge is 0.241 e. The Balaban J connectivity index is 1.98. The molecule has 116 valence electrons. The number of hydrogen-bond donors (Lipinski definition) is 2. The van der Waals surface area contributed by atoms with E-state index in [9.17, 15) is 4.79 Å². The molecule has 1 aliphatic heterocycles. The summed E-state index contributed by atoms with van der Waals surface area (Å²) in [4.78, 5) is 14.6. The summed E-state index contributed by atoms with van der Waals surface area (Å²) in [6, 6.07) is 9.53. The molecule has 0 bridgehead atoms. The number of rotatable bonds is 5. The van der Waals surface area contributed by atoms with Crippen LogP contribution in [0.5, 0.6) is 0 Å². The summed E-state index contributed by atoms with van der Waals surface area (Å²) in [6.45, 7) is 3.32. The van der Waals surface area contributed by atoms with Crippen molar-refractivity contribution in [2.45, 2.75) is 38.0 Å². The standard InChI is InChI=1S/C16H25N3O2/c1-12(16(20)18-13-6-4-3-5-7-13)19-9-8-15(21-2)10-14(19)11-17/h3-7,12,14-15H,8-11,17H2,1-2H3,(H,18,20). The van der Waals surface area contributed by atoms with E-state index in [4.69, 9.17) is 10.5 Å². The molecule has 1 aliphatic rings. The zero-order chi connectivity index (χ0) is 15.2. The molecule has 1 saturated heterocycles. The van der Waals surface area contributed by atoms with Gasteiger partial charge in [0.05, 0.1) is 12.1 Å². The topological polar surface area (TPSA) is 67.6 Å². The number of nitrogens with zero attached hydrogens (tertiary/aromatic N) is 1. The van der Waals surface area contributed by atoms with Crippen LogP contribution in [-0.2, 0) is 9.53 Å². The molecule has 3 N–H and O–H groups in total. The van der Waals surface area contributed by atoms with E-state index in [0.717, 1.165) is 25.1 Å². The molecule has 3 atom stereocenters. The van der Waals surface area contributed by atoms with Gasteiger partial charge in [-0.05, 0) is 31.9 Å². The van der Waals surface area contributed by atoms with E-state index in [1.54, 1.807) is 7.11 Å². The maximum Gasteiger partial charge on any atom is 0.241 e. The Kier molecular flexibility index (Phi) is 5.73. The average molecular weight is 291 g/mol. The van der Waals surface area contributed by atoms with Crippen molar-refractivity contribution in [2.75, 3.05) is 25.5 Å². The molecular weight excluding hydrogens is 266 g/mol. The van der Waals surface area contributed by atoms with Crippen molar-refractivity contribution < 1.29 is 9.53 Å². The SMILES string of the molecule is COC1CCN(C(C)C(=O)Nc2ccccc2)C(CN)C1. The summed E-state index contributed by atoms with van der Waals surface area (Å²) >= 11 is 0. The van der Waals surface area contributed by atoms with Gasteiger partial charge in [-0.3, -0.25) is 9.69 Å². The van der Waals surface area contributed by atoms with Crippen LogP contribution in [0.1, 0.15) is 19.8 Å². The number of likely N-dealkylation sites (tertiary alicyclic amines) is 1. The van der Waals surface area contributed by atoms with Gasteiger partial charge in [-0.15, -0.1) is 0 Å². The van der Waals surface area contributed by atoms with E-state index in [-0.39, 0.29) is 24.1 Å². The number of anilines is 1. The fourth-order valence-corrected chi connectivity index (χ4v) is 2.91. The van der Waals surface area contributed by atoms with E-state index in [1.807, 2.05) is 37.3 Å². The molecule has 1 fully saturated rings. The summed E-state index contributed by atoms with van der Waals surface area (Å²) in [5, 5.41) is 2.96. The van der Waals surface area contributed by atoms with Crippen LogP contribution in [0.15, 0.2) is 30.3 Å². The van der Waals surface area contributed by atoms with Crippen LogP contribution in [0.2, 0.25) is 0 Å². The number of methoxy groups -OCH3 is 1. The Morgan fingerprint density at radius 1 is 1.48 bits per heavy atom. The molecule has 0 aromatic heterocycles. The van der Waals surface area contributed by atoms with E-state index < -0.39 is 0 Å². The number of carbonyl (C=O) groups is 1. The Labute approximate surface area is 126 Å². The number of nitrogens with one attached hydrogen (secondary N) is 1. The number of hydrogen-bond acceptors (Lipinski definition) is 4. The highest BCUT2D eigenvalue weighted by Gasteiger charge is 2.33. The number of carbonyl (C=O) groups excluding carboxylic acids is 1. The van der Waals surface area contributed by atoms with Crippen molar-refractivity contribution in [3.05, 3.63) is 30.3 Å². The monoisotopic (exact) mass is 291 g/mol. The Hall–Kier alpha value is -1.43. The maximum atomic E-state index is 12.4. The summed E-state index contributed by atoms with van der Waals surface area (Å²) in [5.41, 5.74) is 6.70. The molecule has 1 amide bonds. The second-order valence-electron chi connectivity index (χ2n) is 5.54. The first-order valence-electron chi connectivity index (χ1n) is 7.50. The van der Waals surface area contributed by atoms with E-state index in [0.29, 0.717) is 6.54 Å². The lowest BCUT2D eigenvalue weighted by Gasteiger charge is -2.41. The molecule has 0 saturated carbocycles.